The Kier molecular flexibility index (Phi) is 32.8. The number of fused-ring (bicyclic) bond motifs is 4. The third-order valence-corrected chi connectivity index (χ3v) is 8.44. The van der Waals surface area contributed by atoms with Gasteiger partial charge in [0, 0.05) is 38.3 Å². The first kappa shape index (κ1) is 60.3. The Morgan fingerprint density at radius 1 is 0.677 bits per heavy atom. The maximum atomic E-state index is 11.6. The molecule has 4 aromatic carbocycles. The van der Waals surface area contributed by atoms with E-state index in [-0.39, 0.29) is 89.4 Å². The number of aliphatic hydroxyl groups excluding tert-OH is 2. The number of carbonyl (C=O) groups excluding carboxylic acids is 5. The third kappa shape index (κ3) is 20.2. The van der Waals surface area contributed by atoms with Gasteiger partial charge in [-0.15, -0.1) is 6.58 Å². The number of benzene rings is 4. The van der Waals surface area contributed by atoms with Gasteiger partial charge >= 0.3 is 63.2 Å². The van der Waals surface area contributed by atoms with E-state index in [9.17, 15) is 29.1 Å². The number of ketones is 1. The van der Waals surface area contributed by atoms with Crippen molar-refractivity contribution in [2.45, 2.75) is 26.4 Å². The van der Waals surface area contributed by atoms with E-state index in [0.717, 1.165) is 22.7 Å². The van der Waals surface area contributed by atoms with Gasteiger partial charge in [-0.05, 0) is 52.5 Å². The maximum absolute atomic E-state index is 11.6. The fourth-order valence-corrected chi connectivity index (χ4v) is 5.78. The van der Waals surface area contributed by atoms with Crippen molar-refractivity contribution in [1.82, 2.24) is 0 Å². The van der Waals surface area contributed by atoms with E-state index in [1.165, 1.54) is 80.1 Å². The van der Waals surface area contributed by atoms with Crippen LogP contribution in [-0.2, 0) is 65.1 Å². The number of aliphatic hydroxyl groups is 2. The van der Waals surface area contributed by atoms with Gasteiger partial charge < -0.3 is 43.8 Å². The molecular weight excluding hydrogens is 1080 g/mol. The minimum absolute atomic E-state index is 0. The second-order valence-electron chi connectivity index (χ2n) is 12.5. The van der Waals surface area contributed by atoms with E-state index >= 15 is 0 Å². The summed E-state index contributed by atoms with van der Waals surface area (Å²) in [6.45, 7) is 8.27. The molecule has 18 nitrogen and oxygen atoms in total. The summed E-state index contributed by atoms with van der Waals surface area (Å²) < 4.78 is 20.9. The Morgan fingerprint density at radius 3 is 1.49 bits per heavy atom. The van der Waals surface area contributed by atoms with Crippen molar-refractivity contribution in [3.8, 4) is 23.0 Å². The molecule has 0 spiro atoms. The summed E-state index contributed by atoms with van der Waals surface area (Å²) in [6.07, 6.45) is 2.01. The average molecular weight is 1130 g/mol. The summed E-state index contributed by atoms with van der Waals surface area (Å²) in [7, 11) is 1.20. The molecule has 4 heterocycles. The number of β-amino-alcohol motifs (C(OH)–C–C–N with tert-alkyl or cyclic N) is 1. The van der Waals surface area contributed by atoms with Crippen LogP contribution in [0.1, 0.15) is 19.4 Å². The summed E-state index contributed by atoms with van der Waals surface area (Å²) in [4.78, 5) is 64.0. The van der Waals surface area contributed by atoms with Crippen molar-refractivity contribution < 1.29 is 93.1 Å². The molecule has 3 amide bonds. The van der Waals surface area contributed by atoms with E-state index in [1.807, 2.05) is 74.5 Å². The van der Waals surface area contributed by atoms with Gasteiger partial charge in [-0.1, -0.05) is 74.5 Å². The van der Waals surface area contributed by atoms with Crippen LogP contribution in [0.25, 0.3) is 0 Å². The zero-order valence-electron chi connectivity index (χ0n) is 37.0. The zero-order valence-corrected chi connectivity index (χ0v) is 45.8. The molecule has 3 N–H and O–H groups in total. The number of para-hydroxylation sites is 7. The van der Waals surface area contributed by atoms with E-state index < -0.39 is 6.10 Å². The zero-order chi connectivity index (χ0) is 47.3. The van der Waals surface area contributed by atoms with E-state index in [1.54, 1.807) is 47.4 Å². The summed E-state index contributed by atoms with van der Waals surface area (Å²) >= 11 is 2.50. The van der Waals surface area contributed by atoms with E-state index in [2.05, 4.69) is 21.5 Å². The Bertz CT molecular complexity index is 2010. The number of ether oxygens (including phenoxy) is 4. The van der Waals surface area contributed by atoms with Crippen molar-refractivity contribution in [2.75, 3.05) is 74.5 Å². The van der Waals surface area contributed by atoms with Gasteiger partial charge in [0.25, 0.3) is 17.7 Å². The summed E-state index contributed by atoms with van der Waals surface area (Å²) in [5.74, 6) is 2.61. The fraction of sp³-hybridized carbons (Fsp3) is 0.295. The number of hydrogen-bond acceptors (Lipinski definition) is 15. The predicted octanol–water partition coefficient (Wildman–Crippen LogP) is 3.40. The second-order valence-corrected chi connectivity index (χ2v) is 12.5. The number of anilines is 3. The molecule has 0 radical (unpaired) electrons. The van der Waals surface area contributed by atoms with Crippen LogP contribution < -0.4 is 33.6 Å². The quantitative estimate of drug-likeness (QED) is 0.0720. The molecule has 65 heavy (non-hydrogen) atoms. The topological polar surface area (TPSA) is 220 Å². The van der Waals surface area contributed by atoms with Gasteiger partial charge in [0.15, 0.2) is 25.6 Å². The SMILES string of the molecule is C=CCN1C(=O)COc2ccccc21.CC.COOOO.O=C1COc2ccccc2C1.O=C1COc2ccccc2N1CC(O)CO.O=CCN1C(=O)COc2ccccc21.[K][K].[Os]. The number of aldehydes is 1. The number of Topliss-reactive ketones (excluding diaryl/α,β-unsaturated/α-hetero) is 1. The molecule has 4 aromatic rings. The van der Waals surface area contributed by atoms with Gasteiger partial charge in [-0.2, -0.15) is 0 Å². The van der Waals surface area contributed by atoms with Gasteiger partial charge in [-0.25, -0.2) is 10.1 Å². The Hall–Kier alpha value is -2.76. The number of rotatable bonds is 9. The molecule has 1 unspecified atom stereocenters. The largest absolute Gasteiger partial charge is 0 e. The molecule has 0 saturated carbocycles. The van der Waals surface area contributed by atoms with Crippen LogP contribution >= 0.6 is 0 Å². The molecule has 0 bridgehead atoms. The average Bonchev–Trinajstić information content (AvgIpc) is 3.34. The van der Waals surface area contributed by atoms with E-state index in [4.69, 9.17) is 29.3 Å². The van der Waals surface area contributed by atoms with Gasteiger partial charge in [0.2, 0.25) is 0 Å². The van der Waals surface area contributed by atoms with Crippen molar-refractivity contribution >= 4 is 110 Å². The van der Waals surface area contributed by atoms with Crippen LogP contribution in [0.2, 0.25) is 0 Å². The number of carbonyl (C=O) groups is 5. The summed E-state index contributed by atoms with van der Waals surface area (Å²) in [5.41, 5.74) is 3.12. The first-order valence-corrected chi connectivity index (χ1v) is 36.3. The molecule has 4 aliphatic heterocycles. The monoisotopic (exact) mass is 1130 g/mol. The minimum atomic E-state index is -0.935. The van der Waals surface area contributed by atoms with Crippen LogP contribution in [0, 0.1) is 0 Å². The number of amides is 3. The number of nitrogens with zero attached hydrogens (tertiary/aromatic N) is 3. The van der Waals surface area contributed by atoms with Crippen molar-refractivity contribution in [3.63, 3.8) is 0 Å². The Labute approximate surface area is 436 Å². The standard InChI is InChI=1S/C11H13NO4.C11H11NO2.C10H9NO3.C9H8O2.C2H6.CH4O4.2K.Os/c13-6-8(14)5-12-9-3-1-2-4-10(9)16-7-11(12)15;1-2-7-12-9-5-3-4-6-10(9)14-8-11(12)13;12-6-5-11-8-3-1-2-4-9(8)14-7-10(11)13;10-8-5-7-3-1-2-4-9(7)11-6-8;1-2;1-3-5-4-2;;;/h1-4,8,13-14H,5-7H2;2-6H,1,7-8H2;1-4,6H,5,7H2;1-4H,5-6H2;1-2H3;2H,1H3;;;. The first-order chi connectivity index (χ1) is 31.1. The summed E-state index contributed by atoms with van der Waals surface area (Å²) in [5, 5.41) is 31.7. The van der Waals surface area contributed by atoms with Crippen LogP contribution in [-0.4, -0.2) is 174 Å². The first-order valence-electron chi connectivity index (χ1n) is 20.3. The molecular formula is C44H51K2N3O15Os. The van der Waals surface area contributed by atoms with Crippen LogP contribution in [0.3, 0.4) is 0 Å². The molecule has 0 aromatic heterocycles. The molecule has 342 valence electrons. The van der Waals surface area contributed by atoms with Crippen molar-refractivity contribution in [3.05, 3.63) is 115 Å². The van der Waals surface area contributed by atoms with Crippen molar-refractivity contribution in [1.29, 1.82) is 0 Å². The molecule has 0 saturated heterocycles. The second kappa shape index (κ2) is 35.4. The molecule has 1 atom stereocenters. The molecule has 21 heteroatoms. The minimum Gasteiger partial charge on any atom is 0 e. The number of hydrogen-bond donors (Lipinski definition) is 3. The van der Waals surface area contributed by atoms with E-state index in [0.29, 0.717) is 42.1 Å². The molecule has 4 aliphatic rings. The maximum Gasteiger partial charge on any atom is 0 e. The van der Waals surface area contributed by atoms with Gasteiger partial charge in [-0.3, -0.25) is 24.1 Å². The molecule has 0 fully saturated rings. The predicted molar refractivity (Wildman–Crippen MR) is 238 cm³/mol. The fourth-order valence-electron chi connectivity index (χ4n) is 5.78. The Balaban J connectivity index is 0.000000408. The molecule has 8 rings (SSSR count). The van der Waals surface area contributed by atoms with Gasteiger partial charge in [0.1, 0.15) is 35.9 Å². The van der Waals surface area contributed by atoms with Crippen molar-refractivity contribution in [2.24, 2.45) is 0 Å². The molecule has 0 aliphatic carbocycles. The Morgan fingerprint density at radius 2 is 1.08 bits per heavy atom. The van der Waals surface area contributed by atoms with Crippen LogP contribution in [0.5, 0.6) is 23.0 Å². The van der Waals surface area contributed by atoms with Crippen LogP contribution in [0.4, 0.5) is 17.1 Å². The smallest absolute Gasteiger partial charge is 0 e. The summed E-state index contributed by atoms with van der Waals surface area (Å²) in [6, 6.07) is 29.4. The normalized spacial score (nSPS) is 13.8. The third-order valence-electron chi connectivity index (χ3n) is 8.44. The van der Waals surface area contributed by atoms with Crippen LogP contribution in [0.15, 0.2) is 110 Å². The van der Waals surface area contributed by atoms with Gasteiger partial charge in [0.05, 0.1) is 50.0 Å².